The fourth-order valence-corrected chi connectivity index (χ4v) is 3.05. The summed E-state index contributed by atoms with van der Waals surface area (Å²) in [6.45, 7) is 1.79. The molecule has 1 heterocycles. The zero-order valence-corrected chi connectivity index (χ0v) is 14.3. The predicted octanol–water partition coefficient (Wildman–Crippen LogP) is 4.30. The van der Waals surface area contributed by atoms with E-state index in [0.717, 1.165) is 12.8 Å². The van der Waals surface area contributed by atoms with Crippen LogP contribution < -0.4 is 5.32 Å². The minimum atomic E-state index is -4.80. The molecule has 7 heteroatoms. The lowest BCUT2D eigenvalue weighted by atomic mass is 9.71. The summed E-state index contributed by atoms with van der Waals surface area (Å²) in [4.78, 5) is 12.4. The first kappa shape index (κ1) is 18.1. The first-order valence-corrected chi connectivity index (χ1v) is 8.49. The van der Waals surface area contributed by atoms with Crippen LogP contribution in [0.5, 0.6) is 0 Å². The van der Waals surface area contributed by atoms with Crippen LogP contribution in [0.1, 0.15) is 31.7 Å². The Morgan fingerprint density at radius 3 is 2.72 bits per heavy atom. The quantitative estimate of drug-likeness (QED) is 0.804. The van der Waals surface area contributed by atoms with E-state index in [0.29, 0.717) is 6.42 Å². The molecule has 1 aliphatic carbocycles. The number of ether oxygens (including phenoxy) is 1. The first-order chi connectivity index (χ1) is 11.8. The standard InChI is InChI=1S/C18H17ClF3NO2/c1-2-9-25-15-16(24)23-14-6-5-12(19)10-13(14)17(15,18(20,21)22)8-7-11-3-4-11/h5-6,10-11,15H,2-4,9H2,1H3,(H,23,24)/t15-,17+/m0/s1. The maximum absolute atomic E-state index is 14.3. The number of alkyl halides is 3. The second-order valence-electron chi connectivity index (χ2n) is 6.28. The summed E-state index contributed by atoms with van der Waals surface area (Å²) >= 11 is 5.95. The van der Waals surface area contributed by atoms with Crippen LogP contribution in [0.2, 0.25) is 5.02 Å². The number of anilines is 1. The number of nitrogens with one attached hydrogen (secondary N) is 1. The molecule has 134 valence electrons. The topological polar surface area (TPSA) is 38.3 Å². The van der Waals surface area contributed by atoms with Crippen molar-refractivity contribution in [1.29, 1.82) is 0 Å². The summed E-state index contributed by atoms with van der Waals surface area (Å²) in [5.41, 5.74) is -2.83. The molecule has 3 nitrogen and oxygen atoms in total. The summed E-state index contributed by atoms with van der Waals surface area (Å²) in [5.74, 6) is 4.18. The molecule has 2 aliphatic rings. The lowest BCUT2D eigenvalue weighted by molar-refractivity contribution is -0.207. The fourth-order valence-electron chi connectivity index (χ4n) is 2.87. The van der Waals surface area contributed by atoms with Crippen molar-refractivity contribution in [2.24, 2.45) is 5.92 Å². The highest BCUT2D eigenvalue weighted by Crippen LogP contribution is 2.50. The van der Waals surface area contributed by atoms with E-state index in [1.807, 2.05) is 0 Å². The van der Waals surface area contributed by atoms with Crippen LogP contribution in [0.25, 0.3) is 0 Å². The number of hydrogen-bond acceptors (Lipinski definition) is 2. The van der Waals surface area contributed by atoms with Gasteiger partial charge in [-0.05, 0) is 37.5 Å². The lowest BCUT2D eigenvalue weighted by Crippen LogP contribution is -2.59. The second-order valence-corrected chi connectivity index (χ2v) is 6.72. The Morgan fingerprint density at radius 2 is 2.12 bits per heavy atom. The Bertz CT molecular complexity index is 749. The van der Waals surface area contributed by atoms with E-state index in [2.05, 4.69) is 17.2 Å². The van der Waals surface area contributed by atoms with Gasteiger partial charge in [0.15, 0.2) is 11.5 Å². The number of rotatable bonds is 3. The number of carbonyl (C=O) groups is 1. The van der Waals surface area contributed by atoms with Gasteiger partial charge in [0, 0.05) is 28.8 Å². The summed E-state index contributed by atoms with van der Waals surface area (Å²) in [6.07, 6.45) is -4.54. The Morgan fingerprint density at radius 1 is 1.40 bits per heavy atom. The molecule has 0 aromatic heterocycles. The number of benzene rings is 1. The highest BCUT2D eigenvalue weighted by molar-refractivity contribution is 6.30. The maximum Gasteiger partial charge on any atom is 0.412 e. The molecule has 0 radical (unpaired) electrons. The molecule has 0 spiro atoms. The minimum Gasteiger partial charge on any atom is -0.366 e. The van der Waals surface area contributed by atoms with Gasteiger partial charge < -0.3 is 10.1 Å². The third kappa shape index (κ3) is 3.23. The predicted molar refractivity (Wildman–Crippen MR) is 88.3 cm³/mol. The average molecular weight is 372 g/mol. The van der Waals surface area contributed by atoms with Crippen molar-refractivity contribution in [3.8, 4) is 11.8 Å². The summed E-state index contributed by atoms with van der Waals surface area (Å²) < 4.78 is 48.3. The lowest BCUT2D eigenvalue weighted by Gasteiger charge is -2.41. The van der Waals surface area contributed by atoms with Gasteiger partial charge in [-0.15, -0.1) is 0 Å². The molecule has 2 atom stereocenters. The molecule has 0 saturated heterocycles. The zero-order chi connectivity index (χ0) is 18.2. The molecular weight excluding hydrogens is 355 g/mol. The summed E-state index contributed by atoms with van der Waals surface area (Å²) in [7, 11) is 0. The van der Waals surface area contributed by atoms with Crippen molar-refractivity contribution in [3.63, 3.8) is 0 Å². The Balaban J connectivity index is 2.24. The van der Waals surface area contributed by atoms with Crippen molar-refractivity contribution in [2.75, 3.05) is 11.9 Å². The second kappa shape index (κ2) is 6.54. The van der Waals surface area contributed by atoms with Gasteiger partial charge in [-0.25, -0.2) is 0 Å². The smallest absolute Gasteiger partial charge is 0.366 e. The van der Waals surface area contributed by atoms with Gasteiger partial charge in [-0.1, -0.05) is 30.4 Å². The van der Waals surface area contributed by atoms with Crippen LogP contribution in [0.4, 0.5) is 18.9 Å². The van der Waals surface area contributed by atoms with E-state index >= 15 is 0 Å². The summed E-state index contributed by atoms with van der Waals surface area (Å²) in [6, 6.07) is 4.02. The van der Waals surface area contributed by atoms with Crippen molar-refractivity contribution >= 4 is 23.2 Å². The van der Waals surface area contributed by atoms with Crippen LogP contribution in [0.3, 0.4) is 0 Å². The van der Waals surface area contributed by atoms with Gasteiger partial charge >= 0.3 is 6.18 Å². The molecular formula is C18H17ClF3NO2. The third-order valence-corrected chi connectivity index (χ3v) is 4.52. The van der Waals surface area contributed by atoms with Crippen LogP contribution in [-0.2, 0) is 14.9 Å². The normalized spacial score (nSPS) is 25.6. The Labute approximate surface area is 148 Å². The van der Waals surface area contributed by atoms with Crippen LogP contribution in [0, 0.1) is 17.8 Å². The van der Waals surface area contributed by atoms with Gasteiger partial charge in [0.25, 0.3) is 5.91 Å². The van der Waals surface area contributed by atoms with Crippen molar-refractivity contribution in [1.82, 2.24) is 0 Å². The van der Waals surface area contributed by atoms with Crippen molar-refractivity contribution in [2.45, 2.75) is 43.9 Å². The van der Waals surface area contributed by atoms with E-state index in [1.165, 1.54) is 18.2 Å². The Hall–Kier alpha value is -1.71. The van der Waals surface area contributed by atoms with Crippen LogP contribution >= 0.6 is 11.6 Å². The molecule has 1 saturated carbocycles. The Kier molecular flexibility index (Phi) is 4.74. The molecule has 0 bridgehead atoms. The van der Waals surface area contributed by atoms with E-state index in [4.69, 9.17) is 16.3 Å². The maximum atomic E-state index is 14.3. The molecule has 1 aliphatic heterocycles. The molecule has 25 heavy (non-hydrogen) atoms. The largest absolute Gasteiger partial charge is 0.412 e. The monoisotopic (exact) mass is 371 g/mol. The highest BCUT2D eigenvalue weighted by Gasteiger charge is 2.65. The van der Waals surface area contributed by atoms with Gasteiger partial charge in [-0.2, -0.15) is 13.2 Å². The number of carbonyl (C=O) groups excluding carboxylic acids is 1. The minimum absolute atomic E-state index is 0.0247. The SMILES string of the molecule is CCCO[C@H]1C(=O)Nc2ccc(Cl)cc2[C@@]1(C#CC1CC1)C(F)(F)F. The molecule has 1 aromatic rings. The third-order valence-electron chi connectivity index (χ3n) is 4.28. The van der Waals surface area contributed by atoms with Crippen molar-refractivity contribution < 1.29 is 22.7 Å². The average Bonchev–Trinajstić information content (AvgIpc) is 3.35. The number of hydrogen-bond donors (Lipinski definition) is 1. The molecule has 1 amide bonds. The number of fused-ring (bicyclic) bond motifs is 1. The fraction of sp³-hybridized carbons (Fsp3) is 0.500. The number of amides is 1. The highest BCUT2D eigenvalue weighted by atomic mass is 35.5. The van der Waals surface area contributed by atoms with E-state index in [1.54, 1.807) is 6.92 Å². The van der Waals surface area contributed by atoms with Gasteiger partial charge in [-0.3, -0.25) is 4.79 Å². The zero-order valence-electron chi connectivity index (χ0n) is 13.5. The van der Waals surface area contributed by atoms with Gasteiger partial charge in [0.05, 0.1) is 0 Å². The molecule has 1 N–H and O–H groups in total. The summed E-state index contributed by atoms with van der Waals surface area (Å²) in [5, 5.41) is 2.63. The van der Waals surface area contributed by atoms with Crippen molar-refractivity contribution in [3.05, 3.63) is 28.8 Å². The first-order valence-electron chi connectivity index (χ1n) is 8.11. The van der Waals surface area contributed by atoms with Crippen LogP contribution in [0.15, 0.2) is 18.2 Å². The molecule has 1 aromatic carbocycles. The van der Waals surface area contributed by atoms with Crippen LogP contribution in [-0.4, -0.2) is 24.8 Å². The molecule has 3 rings (SSSR count). The van der Waals surface area contributed by atoms with Gasteiger partial charge in [0.1, 0.15) is 0 Å². The van der Waals surface area contributed by atoms with Gasteiger partial charge in [0.2, 0.25) is 0 Å². The molecule has 0 unspecified atom stereocenters. The molecule has 1 fully saturated rings. The van der Waals surface area contributed by atoms with E-state index in [-0.39, 0.29) is 28.8 Å². The number of halogens is 4. The van der Waals surface area contributed by atoms with E-state index < -0.39 is 23.6 Å². The van der Waals surface area contributed by atoms with E-state index in [9.17, 15) is 18.0 Å².